The van der Waals surface area contributed by atoms with Gasteiger partial charge in [-0.25, -0.2) is 9.37 Å². The fourth-order valence-corrected chi connectivity index (χ4v) is 3.59. The van der Waals surface area contributed by atoms with Crippen LogP contribution in [0.4, 0.5) is 16.0 Å². The number of amides is 1. The van der Waals surface area contributed by atoms with E-state index >= 15 is 0 Å². The normalized spacial score (nSPS) is 24.3. The van der Waals surface area contributed by atoms with Gasteiger partial charge >= 0.3 is 0 Å². The predicted molar refractivity (Wildman–Crippen MR) is 101 cm³/mol. The maximum absolute atomic E-state index is 13.7. The zero-order valence-electron chi connectivity index (χ0n) is 14.9. The standard InChI is InChI=1S/C19H21FN6O/c1-11-12(7-18(27)22-11)6-13-9-21-26-17(23-15-2-3-15)8-16(24-19(13)26)25-5-4-14(20)10-25/h6,8-9,14-15,23H,1-5,7,10H2,(H,22,27)/b12-6+/t14-/m0/s1. The Bertz CT molecular complexity index is 976. The summed E-state index contributed by atoms with van der Waals surface area (Å²) in [5.74, 6) is 1.56. The van der Waals surface area contributed by atoms with Gasteiger partial charge in [0, 0.05) is 29.9 Å². The topological polar surface area (TPSA) is 74.6 Å². The monoisotopic (exact) mass is 368 g/mol. The molecule has 0 bridgehead atoms. The van der Waals surface area contributed by atoms with E-state index in [0.29, 0.717) is 43.3 Å². The van der Waals surface area contributed by atoms with Gasteiger partial charge in [-0.2, -0.15) is 9.61 Å². The van der Waals surface area contributed by atoms with Crippen molar-refractivity contribution in [1.82, 2.24) is 19.9 Å². The maximum Gasteiger partial charge on any atom is 0.228 e. The second kappa shape index (κ2) is 6.07. The summed E-state index contributed by atoms with van der Waals surface area (Å²) in [6, 6.07) is 2.41. The SMILES string of the molecule is C=C1NC(=O)C/C1=C\c1cnn2c(NC3CC3)cc(N3CC[C@H](F)C3)nc12. The van der Waals surface area contributed by atoms with E-state index in [1.54, 1.807) is 10.7 Å². The molecule has 2 aliphatic heterocycles. The third kappa shape index (κ3) is 3.05. The molecule has 3 aliphatic rings. The summed E-state index contributed by atoms with van der Waals surface area (Å²) >= 11 is 0. The number of allylic oxidation sites excluding steroid dienone is 1. The molecule has 0 radical (unpaired) electrons. The maximum atomic E-state index is 13.7. The second-order valence-electron chi connectivity index (χ2n) is 7.46. The molecule has 0 spiro atoms. The quantitative estimate of drug-likeness (QED) is 0.866. The van der Waals surface area contributed by atoms with Crippen LogP contribution in [-0.2, 0) is 4.79 Å². The molecule has 7 nitrogen and oxygen atoms in total. The lowest BCUT2D eigenvalue weighted by Crippen LogP contribution is -2.22. The molecule has 5 rings (SSSR count). The van der Waals surface area contributed by atoms with Gasteiger partial charge in [-0.3, -0.25) is 4.79 Å². The zero-order chi connectivity index (χ0) is 18.5. The lowest BCUT2D eigenvalue weighted by Gasteiger charge is -2.18. The van der Waals surface area contributed by atoms with Gasteiger partial charge in [-0.15, -0.1) is 0 Å². The Morgan fingerprint density at radius 1 is 1.37 bits per heavy atom. The molecule has 3 fully saturated rings. The van der Waals surface area contributed by atoms with Crippen molar-refractivity contribution in [3.05, 3.63) is 35.7 Å². The number of halogens is 1. The Labute approximate surface area is 155 Å². The van der Waals surface area contributed by atoms with Crippen molar-refractivity contribution in [2.45, 2.75) is 37.9 Å². The highest BCUT2D eigenvalue weighted by atomic mass is 19.1. The van der Waals surface area contributed by atoms with Gasteiger partial charge in [0.2, 0.25) is 5.91 Å². The van der Waals surface area contributed by atoms with Crippen molar-refractivity contribution in [2.75, 3.05) is 23.3 Å². The number of alkyl halides is 1. The van der Waals surface area contributed by atoms with E-state index in [-0.39, 0.29) is 5.91 Å². The molecule has 2 saturated heterocycles. The van der Waals surface area contributed by atoms with Gasteiger partial charge in [0.05, 0.1) is 19.2 Å². The van der Waals surface area contributed by atoms with E-state index in [9.17, 15) is 9.18 Å². The first-order valence-electron chi connectivity index (χ1n) is 9.31. The Morgan fingerprint density at radius 2 is 2.22 bits per heavy atom. The van der Waals surface area contributed by atoms with Gasteiger partial charge in [0.1, 0.15) is 17.8 Å². The van der Waals surface area contributed by atoms with Crippen molar-refractivity contribution in [2.24, 2.45) is 0 Å². The number of fused-ring (bicyclic) bond motifs is 1. The molecule has 4 heterocycles. The molecular formula is C19H21FN6O. The molecule has 8 heteroatoms. The number of carbonyl (C=O) groups excluding carboxylic acids is 1. The highest BCUT2D eigenvalue weighted by Gasteiger charge is 2.27. The van der Waals surface area contributed by atoms with Crippen LogP contribution >= 0.6 is 0 Å². The highest BCUT2D eigenvalue weighted by molar-refractivity contribution is 5.89. The molecular weight excluding hydrogens is 347 g/mol. The number of nitrogens with zero attached hydrogens (tertiary/aromatic N) is 4. The van der Waals surface area contributed by atoms with Crippen LogP contribution in [0.3, 0.4) is 0 Å². The molecule has 2 aromatic rings. The molecule has 1 saturated carbocycles. The van der Waals surface area contributed by atoms with Crippen LogP contribution in [-0.4, -0.2) is 45.8 Å². The van der Waals surface area contributed by atoms with Crippen LogP contribution in [0.25, 0.3) is 11.7 Å². The van der Waals surface area contributed by atoms with Gasteiger partial charge < -0.3 is 15.5 Å². The summed E-state index contributed by atoms with van der Waals surface area (Å²) in [5, 5.41) is 10.7. The van der Waals surface area contributed by atoms with E-state index in [0.717, 1.165) is 35.6 Å². The second-order valence-corrected chi connectivity index (χ2v) is 7.46. The van der Waals surface area contributed by atoms with Crippen LogP contribution in [0.1, 0.15) is 31.2 Å². The van der Waals surface area contributed by atoms with Crippen molar-refractivity contribution < 1.29 is 9.18 Å². The zero-order valence-corrected chi connectivity index (χ0v) is 14.9. The van der Waals surface area contributed by atoms with E-state index in [4.69, 9.17) is 4.98 Å². The molecule has 1 atom stereocenters. The number of anilines is 2. The van der Waals surface area contributed by atoms with Crippen LogP contribution in [0.5, 0.6) is 0 Å². The number of nitrogens with one attached hydrogen (secondary N) is 2. The lowest BCUT2D eigenvalue weighted by atomic mass is 10.1. The Balaban J connectivity index is 1.59. The minimum absolute atomic E-state index is 0.0569. The van der Waals surface area contributed by atoms with E-state index in [2.05, 4.69) is 22.3 Å². The summed E-state index contributed by atoms with van der Waals surface area (Å²) in [5.41, 5.74) is 2.97. The summed E-state index contributed by atoms with van der Waals surface area (Å²) in [6.45, 7) is 4.92. The van der Waals surface area contributed by atoms with Crippen LogP contribution in [0.15, 0.2) is 30.1 Å². The third-order valence-electron chi connectivity index (χ3n) is 5.23. The molecule has 27 heavy (non-hydrogen) atoms. The minimum Gasteiger partial charge on any atom is -0.367 e. The van der Waals surface area contributed by atoms with Crippen molar-refractivity contribution in [3.8, 4) is 0 Å². The summed E-state index contributed by atoms with van der Waals surface area (Å²) in [4.78, 5) is 18.3. The first kappa shape index (κ1) is 16.3. The van der Waals surface area contributed by atoms with E-state index in [1.165, 1.54) is 0 Å². The van der Waals surface area contributed by atoms with Gasteiger partial charge in [0.15, 0.2) is 5.65 Å². The molecule has 1 aliphatic carbocycles. The average Bonchev–Trinajstić information content (AvgIpc) is 3.04. The van der Waals surface area contributed by atoms with Crippen molar-refractivity contribution in [3.63, 3.8) is 0 Å². The highest BCUT2D eigenvalue weighted by Crippen LogP contribution is 2.30. The molecule has 2 aromatic heterocycles. The molecule has 140 valence electrons. The number of rotatable bonds is 4. The van der Waals surface area contributed by atoms with E-state index in [1.807, 2.05) is 17.0 Å². The first-order valence-corrected chi connectivity index (χ1v) is 9.31. The van der Waals surface area contributed by atoms with Crippen molar-refractivity contribution >= 4 is 29.3 Å². The summed E-state index contributed by atoms with van der Waals surface area (Å²) in [7, 11) is 0. The van der Waals surface area contributed by atoms with Crippen LogP contribution in [0.2, 0.25) is 0 Å². The lowest BCUT2D eigenvalue weighted by molar-refractivity contribution is -0.118. The summed E-state index contributed by atoms with van der Waals surface area (Å²) < 4.78 is 15.5. The average molecular weight is 368 g/mol. The number of aromatic nitrogens is 3. The Hall–Kier alpha value is -2.90. The van der Waals surface area contributed by atoms with Gasteiger partial charge in [-0.05, 0) is 30.9 Å². The number of carbonyl (C=O) groups is 1. The van der Waals surface area contributed by atoms with Crippen molar-refractivity contribution in [1.29, 1.82) is 0 Å². The smallest absolute Gasteiger partial charge is 0.228 e. The third-order valence-corrected chi connectivity index (χ3v) is 5.23. The fourth-order valence-electron chi connectivity index (χ4n) is 3.59. The fraction of sp³-hybridized carbons (Fsp3) is 0.421. The first-order chi connectivity index (χ1) is 13.1. The van der Waals surface area contributed by atoms with Gasteiger partial charge in [0.25, 0.3) is 0 Å². The number of hydrogen-bond donors (Lipinski definition) is 2. The Morgan fingerprint density at radius 3 is 2.89 bits per heavy atom. The summed E-state index contributed by atoms with van der Waals surface area (Å²) in [6.07, 6.45) is 5.95. The molecule has 0 unspecified atom stereocenters. The number of hydrogen-bond acceptors (Lipinski definition) is 5. The predicted octanol–water partition coefficient (Wildman–Crippen LogP) is 2.27. The molecule has 0 aromatic carbocycles. The molecule has 1 amide bonds. The largest absolute Gasteiger partial charge is 0.367 e. The van der Waals surface area contributed by atoms with Crippen LogP contribution < -0.4 is 15.5 Å². The minimum atomic E-state index is -0.812. The van der Waals surface area contributed by atoms with Gasteiger partial charge in [-0.1, -0.05) is 6.58 Å². The van der Waals surface area contributed by atoms with Crippen LogP contribution in [0, 0.1) is 0 Å². The van der Waals surface area contributed by atoms with E-state index < -0.39 is 6.17 Å². The Kier molecular flexibility index (Phi) is 3.66. The molecule has 2 N–H and O–H groups in total.